The highest BCUT2D eigenvalue weighted by Gasteiger charge is 2.23. The van der Waals surface area contributed by atoms with E-state index in [4.69, 9.17) is 4.42 Å². The number of hydrogen-bond acceptors (Lipinski definition) is 5. The highest BCUT2D eigenvalue weighted by molar-refractivity contribution is 7.92. The van der Waals surface area contributed by atoms with Crippen LogP contribution in [0.5, 0.6) is 0 Å². The molecule has 7 heteroatoms. The van der Waals surface area contributed by atoms with Crippen LogP contribution < -0.4 is 14.9 Å². The minimum atomic E-state index is -3.70. The number of hydrogen-bond donors (Lipinski definition) is 2. The van der Waals surface area contributed by atoms with Crippen LogP contribution in [0.4, 0.5) is 11.4 Å². The summed E-state index contributed by atoms with van der Waals surface area (Å²) in [5.74, 6) is 0. The van der Waals surface area contributed by atoms with Crippen molar-refractivity contribution in [3.63, 3.8) is 0 Å². The van der Waals surface area contributed by atoms with Gasteiger partial charge in [0.25, 0.3) is 10.0 Å². The van der Waals surface area contributed by atoms with Gasteiger partial charge in [-0.3, -0.25) is 4.72 Å². The van der Waals surface area contributed by atoms with Gasteiger partial charge >= 0.3 is 0 Å². The molecule has 0 saturated carbocycles. The number of benzene rings is 2. The van der Waals surface area contributed by atoms with Crippen molar-refractivity contribution in [3.8, 4) is 11.1 Å². The molecule has 164 valence electrons. The normalized spacial score (nSPS) is 19.4. The Labute approximate surface area is 184 Å². The summed E-state index contributed by atoms with van der Waals surface area (Å²) in [4.78, 5) is 2.54. The molecule has 3 aromatic rings. The fraction of sp³-hybridized carbons (Fsp3) is 0.333. The molecule has 1 aliphatic rings. The van der Waals surface area contributed by atoms with E-state index in [1.54, 1.807) is 36.8 Å². The molecule has 4 rings (SSSR count). The molecule has 1 aromatic heterocycles. The lowest BCUT2D eigenvalue weighted by atomic mass is 10.1. The molecule has 0 spiro atoms. The Bertz CT molecular complexity index is 1120. The first-order valence-corrected chi connectivity index (χ1v) is 12.1. The Balaban J connectivity index is 1.59. The number of furan rings is 1. The Morgan fingerprint density at radius 2 is 1.74 bits per heavy atom. The molecule has 31 heavy (non-hydrogen) atoms. The van der Waals surface area contributed by atoms with Crippen LogP contribution in [0, 0.1) is 0 Å². The predicted octanol–water partition coefficient (Wildman–Crippen LogP) is 4.50. The summed E-state index contributed by atoms with van der Waals surface area (Å²) in [7, 11) is -3.70. The Kier molecular flexibility index (Phi) is 6.07. The number of anilines is 2. The standard InChI is InChI=1S/C24H29N3O3S/c1-4-19-5-8-22(27-14-17(2)25-18(3)15-27)13-24(19)26-31(28,29)23-9-6-20(7-10-23)21-11-12-30-16-21/h5-13,16-18,25-26H,4,14-15H2,1-3H3/t17-,18+. The van der Waals surface area contributed by atoms with Crippen LogP contribution in [0.15, 0.2) is 70.4 Å². The number of rotatable bonds is 6. The van der Waals surface area contributed by atoms with Gasteiger partial charge in [0.2, 0.25) is 0 Å². The van der Waals surface area contributed by atoms with Gasteiger partial charge in [0.05, 0.1) is 23.1 Å². The fourth-order valence-electron chi connectivity index (χ4n) is 4.16. The summed E-state index contributed by atoms with van der Waals surface area (Å²) >= 11 is 0. The van der Waals surface area contributed by atoms with E-state index >= 15 is 0 Å². The van der Waals surface area contributed by atoms with Gasteiger partial charge in [-0.25, -0.2) is 8.42 Å². The van der Waals surface area contributed by atoms with E-state index in [1.165, 1.54) is 0 Å². The minimum absolute atomic E-state index is 0.233. The highest BCUT2D eigenvalue weighted by Crippen LogP contribution is 2.29. The third-order valence-corrected chi connectivity index (χ3v) is 7.04. The first-order chi connectivity index (χ1) is 14.9. The summed E-state index contributed by atoms with van der Waals surface area (Å²) in [6.45, 7) is 8.14. The zero-order valence-corrected chi connectivity index (χ0v) is 18.9. The van der Waals surface area contributed by atoms with Gasteiger partial charge in [-0.2, -0.15) is 0 Å². The van der Waals surface area contributed by atoms with Crippen molar-refractivity contribution in [2.24, 2.45) is 0 Å². The van der Waals surface area contributed by atoms with Gasteiger partial charge in [0, 0.05) is 36.4 Å². The smallest absolute Gasteiger partial charge is 0.261 e. The predicted molar refractivity (Wildman–Crippen MR) is 125 cm³/mol. The molecular weight excluding hydrogens is 410 g/mol. The van der Waals surface area contributed by atoms with E-state index in [2.05, 4.69) is 34.9 Å². The van der Waals surface area contributed by atoms with Crippen LogP contribution in [-0.2, 0) is 16.4 Å². The van der Waals surface area contributed by atoms with Crippen LogP contribution in [0.2, 0.25) is 0 Å². The molecular formula is C24H29N3O3S. The van der Waals surface area contributed by atoms with Crippen molar-refractivity contribution in [3.05, 3.63) is 66.6 Å². The van der Waals surface area contributed by atoms with Crippen molar-refractivity contribution >= 4 is 21.4 Å². The maximum Gasteiger partial charge on any atom is 0.261 e. The lowest BCUT2D eigenvalue weighted by Gasteiger charge is -2.38. The molecule has 1 fully saturated rings. The Morgan fingerprint density at radius 1 is 1.03 bits per heavy atom. The largest absolute Gasteiger partial charge is 0.472 e. The van der Waals surface area contributed by atoms with E-state index in [0.29, 0.717) is 17.8 Å². The third kappa shape index (κ3) is 4.78. The summed E-state index contributed by atoms with van der Waals surface area (Å²) in [6, 6.07) is 15.5. The van der Waals surface area contributed by atoms with Crippen molar-refractivity contribution in [2.45, 2.75) is 44.2 Å². The highest BCUT2D eigenvalue weighted by atomic mass is 32.2. The summed E-state index contributed by atoms with van der Waals surface area (Å²) < 4.78 is 34.1. The molecule has 0 amide bonds. The summed E-state index contributed by atoms with van der Waals surface area (Å²) in [5, 5.41) is 3.53. The number of sulfonamides is 1. The molecule has 2 N–H and O–H groups in total. The van der Waals surface area contributed by atoms with Crippen molar-refractivity contribution in [2.75, 3.05) is 22.7 Å². The molecule has 0 aliphatic carbocycles. The zero-order chi connectivity index (χ0) is 22.0. The molecule has 2 heterocycles. The van der Waals surface area contributed by atoms with E-state index in [-0.39, 0.29) is 4.90 Å². The first-order valence-electron chi connectivity index (χ1n) is 10.6. The second-order valence-electron chi connectivity index (χ2n) is 8.21. The van der Waals surface area contributed by atoms with Crippen LogP contribution in [0.3, 0.4) is 0 Å². The molecule has 0 unspecified atom stereocenters. The average molecular weight is 440 g/mol. The summed E-state index contributed by atoms with van der Waals surface area (Å²) in [6.07, 6.45) is 3.98. The molecule has 1 aliphatic heterocycles. The van der Waals surface area contributed by atoms with Crippen molar-refractivity contribution in [1.82, 2.24) is 5.32 Å². The fourth-order valence-corrected chi connectivity index (χ4v) is 5.25. The maximum atomic E-state index is 13.1. The maximum absolute atomic E-state index is 13.1. The van der Waals surface area contributed by atoms with Gasteiger partial charge in [-0.1, -0.05) is 25.1 Å². The topological polar surface area (TPSA) is 74.6 Å². The first kappa shape index (κ1) is 21.5. The second kappa shape index (κ2) is 8.77. The van der Waals surface area contributed by atoms with Gasteiger partial charge in [-0.15, -0.1) is 0 Å². The van der Waals surface area contributed by atoms with E-state index in [0.717, 1.165) is 41.9 Å². The Morgan fingerprint density at radius 3 is 2.35 bits per heavy atom. The number of aryl methyl sites for hydroxylation is 1. The van der Waals surface area contributed by atoms with Crippen molar-refractivity contribution < 1.29 is 12.8 Å². The lowest BCUT2D eigenvalue weighted by molar-refractivity contribution is 0.407. The van der Waals surface area contributed by atoms with Crippen LogP contribution in [-0.4, -0.2) is 33.6 Å². The van der Waals surface area contributed by atoms with Gasteiger partial charge in [0.1, 0.15) is 0 Å². The SMILES string of the molecule is CCc1ccc(N2C[C@@H](C)N[C@@H](C)C2)cc1NS(=O)(=O)c1ccc(-c2ccoc2)cc1. The molecule has 2 atom stereocenters. The van der Waals surface area contributed by atoms with E-state index in [1.807, 2.05) is 25.1 Å². The van der Waals surface area contributed by atoms with E-state index < -0.39 is 10.0 Å². The Hall–Kier alpha value is -2.77. The van der Waals surface area contributed by atoms with Crippen LogP contribution >= 0.6 is 0 Å². The number of nitrogens with zero attached hydrogens (tertiary/aromatic N) is 1. The average Bonchev–Trinajstić information content (AvgIpc) is 3.28. The molecule has 0 bridgehead atoms. The monoisotopic (exact) mass is 439 g/mol. The molecule has 6 nitrogen and oxygen atoms in total. The number of nitrogens with one attached hydrogen (secondary N) is 2. The molecule has 0 radical (unpaired) electrons. The van der Waals surface area contributed by atoms with Gasteiger partial charge in [-0.05, 0) is 61.7 Å². The summed E-state index contributed by atoms with van der Waals surface area (Å²) in [5.41, 5.74) is 4.46. The van der Waals surface area contributed by atoms with Crippen LogP contribution in [0.25, 0.3) is 11.1 Å². The molecule has 2 aromatic carbocycles. The van der Waals surface area contributed by atoms with Crippen LogP contribution in [0.1, 0.15) is 26.3 Å². The van der Waals surface area contributed by atoms with Crippen molar-refractivity contribution in [1.29, 1.82) is 0 Å². The zero-order valence-electron chi connectivity index (χ0n) is 18.1. The second-order valence-corrected chi connectivity index (χ2v) is 9.89. The van der Waals surface area contributed by atoms with E-state index in [9.17, 15) is 8.42 Å². The number of piperazine rings is 1. The third-order valence-electron chi connectivity index (χ3n) is 5.66. The molecule has 1 saturated heterocycles. The lowest BCUT2D eigenvalue weighted by Crippen LogP contribution is -2.54. The quantitative estimate of drug-likeness (QED) is 0.592. The van der Waals surface area contributed by atoms with Gasteiger partial charge < -0.3 is 14.6 Å². The minimum Gasteiger partial charge on any atom is -0.472 e. The van der Waals surface area contributed by atoms with Gasteiger partial charge in [0.15, 0.2) is 0 Å².